The van der Waals surface area contributed by atoms with E-state index in [2.05, 4.69) is 54.9 Å². The number of hydrogen-bond acceptors (Lipinski definition) is 5. The fourth-order valence-electron chi connectivity index (χ4n) is 3.82. The lowest BCUT2D eigenvalue weighted by Gasteiger charge is -2.31. The molecule has 32 heavy (non-hydrogen) atoms. The van der Waals surface area contributed by atoms with E-state index in [9.17, 15) is 8.78 Å². The molecular weight excluding hydrogens is 428 g/mol. The predicted octanol–water partition coefficient (Wildman–Crippen LogP) is 4.03. The van der Waals surface area contributed by atoms with E-state index in [1.807, 2.05) is 30.3 Å². The number of rotatable bonds is 9. The third kappa shape index (κ3) is 5.88. The summed E-state index contributed by atoms with van der Waals surface area (Å²) < 4.78 is 28.0. The van der Waals surface area contributed by atoms with Crippen LogP contribution in [0.1, 0.15) is 17.5 Å². The van der Waals surface area contributed by atoms with Crippen molar-refractivity contribution in [3.05, 3.63) is 65.7 Å². The number of piperazine rings is 1. The molecule has 1 N–H and O–H groups in total. The van der Waals surface area contributed by atoms with Gasteiger partial charge >= 0.3 is 0 Å². The van der Waals surface area contributed by atoms with Gasteiger partial charge in [-0.2, -0.15) is 10.2 Å². The molecule has 2 aliphatic rings. The molecule has 2 aromatic carbocycles. The van der Waals surface area contributed by atoms with Crippen LogP contribution < -0.4 is 9.62 Å². The van der Waals surface area contributed by atoms with Crippen molar-refractivity contribution in [2.24, 2.45) is 10.2 Å². The highest BCUT2D eigenvalue weighted by atomic mass is 32.2. The molecule has 0 amide bonds. The van der Waals surface area contributed by atoms with Gasteiger partial charge < -0.3 is 9.62 Å². The van der Waals surface area contributed by atoms with Crippen LogP contribution in [0.25, 0.3) is 0 Å². The van der Waals surface area contributed by atoms with Crippen molar-refractivity contribution in [2.45, 2.75) is 19.4 Å². The van der Waals surface area contributed by atoms with Gasteiger partial charge in [-0.1, -0.05) is 59.0 Å². The van der Waals surface area contributed by atoms with Crippen LogP contribution in [0.4, 0.5) is 14.5 Å². The monoisotopic (exact) mass is 457 g/mol. The molecule has 5 nitrogen and oxygen atoms in total. The molecular formula is C24H29F2N5S. The van der Waals surface area contributed by atoms with Crippen molar-refractivity contribution < 1.29 is 8.78 Å². The van der Waals surface area contributed by atoms with E-state index in [0.29, 0.717) is 5.71 Å². The van der Waals surface area contributed by atoms with Crippen molar-refractivity contribution in [3.8, 4) is 0 Å². The highest BCUT2D eigenvalue weighted by Crippen LogP contribution is 2.29. The summed E-state index contributed by atoms with van der Waals surface area (Å²) in [6, 6.07) is 18.4. The van der Waals surface area contributed by atoms with Crippen LogP contribution in [0, 0.1) is 0 Å². The van der Waals surface area contributed by atoms with Crippen LogP contribution in [-0.2, 0) is 6.54 Å². The maximum Gasteiger partial charge on any atom is 0.278 e. The van der Waals surface area contributed by atoms with Crippen LogP contribution in [0.3, 0.4) is 0 Å². The minimum absolute atomic E-state index is 0.113. The van der Waals surface area contributed by atoms with Crippen molar-refractivity contribution in [1.82, 2.24) is 10.2 Å². The van der Waals surface area contributed by atoms with Crippen molar-refractivity contribution in [2.75, 3.05) is 42.8 Å². The highest BCUT2D eigenvalue weighted by Gasteiger charge is 2.22. The number of alkyl halides is 2. The molecule has 2 heterocycles. The number of benzene rings is 2. The topological polar surface area (TPSA) is 43.2 Å². The van der Waals surface area contributed by atoms with Crippen molar-refractivity contribution >= 4 is 33.7 Å². The second kappa shape index (κ2) is 10.9. The van der Waals surface area contributed by atoms with E-state index in [0.717, 1.165) is 61.8 Å². The van der Waals surface area contributed by atoms with Gasteiger partial charge in [-0.05, 0) is 23.3 Å². The first kappa shape index (κ1) is 22.8. The van der Waals surface area contributed by atoms with Gasteiger partial charge in [0.2, 0.25) is 0 Å². The highest BCUT2D eigenvalue weighted by molar-refractivity contribution is 8.15. The van der Waals surface area contributed by atoms with Crippen LogP contribution in [0.2, 0.25) is 0 Å². The molecule has 1 fully saturated rings. The molecule has 8 heteroatoms. The van der Waals surface area contributed by atoms with Gasteiger partial charge in [0.15, 0.2) is 0 Å². The Morgan fingerprint density at radius 1 is 1.03 bits per heavy atom. The Balaban J connectivity index is 1.42. The Hall–Kier alpha value is -2.42. The summed E-state index contributed by atoms with van der Waals surface area (Å²) in [6.07, 6.45) is -2.44. The molecule has 1 atom stereocenters. The zero-order chi connectivity index (χ0) is 22.3. The first-order valence-electron chi connectivity index (χ1n) is 10.9. The number of halogens is 2. The minimum Gasteiger partial charge on any atom is -0.318 e. The molecule has 2 aromatic rings. The molecule has 1 saturated heterocycles. The normalized spacial score (nSPS) is 17.8. The Labute approximate surface area is 190 Å². The van der Waals surface area contributed by atoms with E-state index in [4.69, 9.17) is 0 Å². The number of nitrogens with one attached hydrogen (secondary N) is 1. The third-order valence-electron chi connectivity index (χ3n) is 5.72. The van der Waals surface area contributed by atoms with Crippen LogP contribution >= 0.6 is 10.7 Å². The average Bonchev–Trinajstić information content (AvgIpc) is 3.33. The first-order chi connectivity index (χ1) is 15.6. The molecule has 0 aliphatic carbocycles. The standard InChI is InChI=1S/C24H29F2N5S/c1-32(16-15-30-13-11-27-12-14-30)31(21-5-3-2-4-6-21)18-19-7-9-20(10-8-19)22-17-23(24(25)26)29-28-22/h2-10,24,27H,1,11-18H2. The van der Waals surface area contributed by atoms with Crippen LogP contribution in [0.5, 0.6) is 0 Å². The lowest BCUT2D eigenvalue weighted by Crippen LogP contribution is -2.44. The number of nitrogens with zero attached hydrogens (tertiary/aromatic N) is 4. The predicted molar refractivity (Wildman–Crippen MR) is 133 cm³/mol. The summed E-state index contributed by atoms with van der Waals surface area (Å²) in [5.41, 5.74) is 3.58. The molecule has 1 unspecified atom stereocenters. The first-order valence-corrected chi connectivity index (χ1v) is 12.4. The lowest BCUT2D eigenvalue weighted by molar-refractivity contribution is 0.224. The largest absolute Gasteiger partial charge is 0.318 e. The van der Waals surface area contributed by atoms with Crippen molar-refractivity contribution in [1.29, 1.82) is 0 Å². The van der Waals surface area contributed by atoms with Gasteiger partial charge in [-0.3, -0.25) is 4.90 Å². The molecule has 0 bridgehead atoms. The lowest BCUT2D eigenvalue weighted by atomic mass is 10.0. The van der Waals surface area contributed by atoms with Gasteiger partial charge in [0.05, 0.1) is 12.3 Å². The summed E-state index contributed by atoms with van der Waals surface area (Å²) >= 11 is 0. The Morgan fingerprint density at radius 2 is 1.75 bits per heavy atom. The second-order valence-electron chi connectivity index (χ2n) is 7.94. The van der Waals surface area contributed by atoms with Crippen LogP contribution in [-0.4, -0.2) is 67.1 Å². The Kier molecular flexibility index (Phi) is 7.78. The van der Waals surface area contributed by atoms with E-state index >= 15 is 0 Å². The summed E-state index contributed by atoms with van der Waals surface area (Å²) in [7, 11) is -0.182. The van der Waals surface area contributed by atoms with Gasteiger partial charge in [0.1, 0.15) is 5.71 Å². The van der Waals surface area contributed by atoms with E-state index < -0.39 is 6.43 Å². The van der Waals surface area contributed by atoms with Crippen molar-refractivity contribution in [3.63, 3.8) is 0 Å². The fraction of sp³-hybridized carbons (Fsp3) is 0.375. The smallest absolute Gasteiger partial charge is 0.278 e. The zero-order valence-electron chi connectivity index (χ0n) is 18.1. The van der Waals surface area contributed by atoms with E-state index in [1.165, 1.54) is 0 Å². The number of hydrogen-bond donors (Lipinski definition) is 1. The Bertz CT molecular complexity index is 970. The third-order valence-corrected chi connectivity index (χ3v) is 7.34. The summed E-state index contributed by atoms with van der Waals surface area (Å²) in [4.78, 5) is 2.50. The van der Waals surface area contributed by atoms with Gasteiger partial charge in [0.25, 0.3) is 6.43 Å². The SMILES string of the molecule is C=S(CCN1CCNCC1)N(Cc1ccc(C2=NN=C(C(F)F)C2)cc1)c1ccccc1. The molecule has 0 aromatic heterocycles. The molecule has 0 spiro atoms. The summed E-state index contributed by atoms with van der Waals surface area (Å²) in [6.45, 7) is 6.06. The van der Waals surface area contributed by atoms with Gasteiger partial charge in [0, 0.05) is 50.6 Å². The Morgan fingerprint density at radius 3 is 2.41 bits per heavy atom. The number of para-hydroxylation sites is 1. The fourth-order valence-corrected chi connectivity index (χ4v) is 5.26. The van der Waals surface area contributed by atoms with Gasteiger partial charge in [-0.25, -0.2) is 8.78 Å². The minimum atomic E-state index is -2.55. The van der Waals surface area contributed by atoms with Gasteiger partial charge in [-0.15, -0.1) is 0 Å². The molecule has 0 saturated carbocycles. The molecule has 170 valence electrons. The molecule has 4 rings (SSSR count). The second-order valence-corrected chi connectivity index (χ2v) is 9.72. The maximum absolute atomic E-state index is 12.8. The quantitative estimate of drug-likeness (QED) is 0.579. The van der Waals surface area contributed by atoms with E-state index in [1.54, 1.807) is 0 Å². The number of anilines is 1. The summed E-state index contributed by atoms with van der Waals surface area (Å²) in [5, 5.41) is 11.0. The maximum atomic E-state index is 12.8. The molecule has 0 radical (unpaired) electrons. The summed E-state index contributed by atoms with van der Waals surface area (Å²) in [5.74, 6) is 5.52. The average molecular weight is 458 g/mol. The molecule has 2 aliphatic heterocycles. The van der Waals surface area contributed by atoms with Crippen LogP contribution in [0.15, 0.2) is 64.8 Å². The zero-order valence-corrected chi connectivity index (χ0v) is 18.9. The van der Waals surface area contributed by atoms with E-state index in [-0.39, 0.29) is 22.8 Å².